The number of benzene rings is 2. The molecule has 0 aliphatic rings. The highest BCUT2D eigenvalue weighted by molar-refractivity contribution is 6.32. The Hall–Kier alpha value is -2.17. The van der Waals surface area contributed by atoms with E-state index >= 15 is 0 Å². The van der Waals surface area contributed by atoms with Crippen molar-refractivity contribution in [3.63, 3.8) is 0 Å². The Bertz CT molecular complexity index is 841. The minimum absolute atomic E-state index is 0.162. The molecule has 3 rings (SSSR count). The second-order valence-corrected chi connectivity index (χ2v) is 5.60. The molecule has 1 aromatic heterocycles. The Balaban J connectivity index is 1.77. The van der Waals surface area contributed by atoms with Crippen LogP contribution in [0.1, 0.15) is 22.8 Å². The molecular weight excluding hydrogens is 338 g/mol. The fraction of sp³-hybridized carbons (Fsp3) is 0.0588. The molecule has 0 amide bonds. The van der Waals surface area contributed by atoms with E-state index in [9.17, 15) is 4.39 Å². The lowest BCUT2D eigenvalue weighted by Gasteiger charge is -2.01. The van der Waals surface area contributed by atoms with Crippen molar-refractivity contribution >= 4 is 35.4 Å². The summed E-state index contributed by atoms with van der Waals surface area (Å²) in [7, 11) is 0. The molecule has 3 nitrogen and oxygen atoms in total. The van der Waals surface area contributed by atoms with Gasteiger partial charge in [-0.2, -0.15) is 4.98 Å². The van der Waals surface area contributed by atoms with Gasteiger partial charge in [0.2, 0.25) is 0 Å². The zero-order valence-corrected chi connectivity index (χ0v) is 13.4. The Kier molecular flexibility index (Phi) is 4.74. The maximum absolute atomic E-state index is 13.8. The van der Waals surface area contributed by atoms with E-state index in [0.29, 0.717) is 27.3 Å². The van der Waals surface area contributed by atoms with E-state index in [1.807, 2.05) is 18.2 Å². The van der Waals surface area contributed by atoms with E-state index in [1.54, 1.807) is 30.4 Å². The Morgan fingerprint density at radius 1 is 1.00 bits per heavy atom. The van der Waals surface area contributed by atoms with Gasteiger partial charge in [0.05, 0.1) is 0 Å². The summed E-state index contributed by atoms with van der Waals surface area (Å²) >= 11 is 12.1. The summed E-state index contributed by atoms with van der Waals surface area (Å²) in [6.07, 6.45) is 3.59. The highest BCUT2D eigenvalue weighted by atomic mass is 35.5. The summed E-state index contributed by atoms with van der Waals surface area (Å²) in [6.45, 7) is 0. The van der Waals surface area contributed by atoms with Crippen molar-refractivity contribution in [2.45, 2.75) is 6.42 Å². The van der Waals surface area contributed by atoms with Crippen molar-refractivity contribution in [2.75, 3.05) is 0 Å². The molecule has 23 heavy (non-hydrogen) atoms. The van der Waals surface area contributed by atoms with Gasteiger partial charge in [0.15, 0.2) is 5.82 Å². The molecule has 0 bridgehead atoms. The van der Waals surface area contributed by atoms with Crippen LogP contribution in [0.2, 0.25) is 10.0 Å². The third-order valence-corrected chi connectivity index (χ3v) is 3.89. The largest absolute Gasteiger partial charge is 0.335 e. The summed E-state index contributed by atoms with van der Waals surface area (Å²) in [5.41, 5.74) is 1.18. The fourth-order valence-corrected chi connectivity index (χ4v) is 2.47. The molecular formula is C17H11Cl2FN2O. The topological polar surface area (TPSA) is 38.9 Å². The van der Waals surface area contributed by atoms with Gasteiger partial charge in [-0.05, 0) is 29.8 Å². The van der Waals surface area contributed by atoms with Crippen LogP contribution in [0.3, 0.4) is 0 Å². The van der Waals surface area contributed by atoms with E-state index in [4.69, 9.17) is 27.7 Å². The maximum atomic E-state index is 13.8. The molecule has 0 atom stereocenters. The van der Waals surface area contributed by atoms with Gasteiger partial charge in [0.1, 0.15) is 5.82 Å². The Labute approximate surface area is 142 Å². The first-order valence-electron chi connectivity index (χ1n) is 6.81. The van der Waals surface area contributed by atoms with E-state index in [0.717, 1.165) is 5.56 Å². The van der Waals surface area contributed by atoms with Crippen LogP contribution in [0, 0.1) is 5.82 Å². The van der Waals surface area contributed by atoms with Crippen molar-refractivity contribution in [2.24, 2.45) is 0 Å². The molecule has 0 fully saturated rings. The first-order valence-corrected chi connectivity index (χ1v) is 7.57. The lowest BCUT2D eigenvalue weighted by Crippen LogP contribution is -1.95. The monoisotopic (exact) mass is 348 g/mol. The van der Waals surface area contributed by atoms with Gasteiger partial charge < -0.3 is 4.52 Å². The van der Waals surface area contributed by atoms with Gasteiger partial charge in [0.25, 0.3) is 5.89 Å². The highest BCUT2D eigenvalue weighted by Gasteiger charge is 2.12. The van der Waals surface area contributed by atoms with Crippen LogP contribution < -0.4 is 0 Å². The summed E-state index contributed by atoms with van der Waals surface area (Å²) in [5, 5.41) is 4.80. The van der Waals surface area contributed by atoms with E-state index < -0.39 is 5.82 Å². The summed E-state index contributed by atoms with van der Waals surface area (Å²) in [6, 6.07) is 11.9. The van der Waals surface area contributed by atoms with Crippen LogP contribution in [-0.4, -0.2) is 10.1 Å². The molecule has 0 aliphatic carbocycles. The lowest BCUT2D eigenvalue weighted by molar-refractivity contribution is 0.404. The van der Waals surface area contributed by atoms with Crippen LogP contribution in [0.15, 0.2) is 47.0 Å². The van der Waals surface area contributed by atoms with E-state index in [1.165, 1.54) is 6.07 Å². The molecule has 0 spiro atoms. The molecule has 6 heteroatoms. The van der Waals surface area contributed by atoms with Gasteiger partial charge in [-0.3, -0.25) is 0 Å². The molecule has 2 aromatic carbocycles. The van der Waals surface area contributed by atoms with Crippen LogP contribution in [-0.2, 0) is 6.42 Å². The van der Waals surface area contributed by atoms with Crippen molar-refractivity contribution in [3.8, 4) is 0 Å². The average Bonchev–Trinajstić information content (AvgIpc) is 2.98. The van der Waals surface area contributed by atoms with Gasteiger partial charge >= 0.3 is 0 Å². The third-order valence-electron chi connectivity index (χ3n) is 3.19. The standard InChI is InChI=1S/C17H11Cl2FN2O/c18-13-5-2-1-4-11(13)8-9-17-21-16(22-23-17)10-12-14(19)6-3-7-15(12)20/h1-9H,10H2/b9-8+. The second-order valence-electron chi connectivity index (χ2n) is 4.78. The predicted molar refractivity (Wildman–Crippen MR) is 88.9 cm³/mol. The second kappa shape index (κ2) is 6.94. The number of hydrogen-bond donors (Lipinski definition) is 0. The SMILES string of the molecule is Fc1cccc(Cl)c1Cc1noc(/C=C/c2ccccc2Cl)n1. The first-order chi connectivity index (χ1) is 11.1. The fourth-order valence-electron chi connectivity index (χ4n) is 2.04. The molecule has 0 saturated carbocycles. The van der Waals surface area contributed by atoms with Crippen molar-refractivity contribution in [1.82, 2.24) is 10.1 Å². The van der Waals surface area contributed by atoms with E-state index in [2.05, 4.69) is 10.1 Å². The van der Waals surface area contributed by atoms with Crippen LogP contribution in [0.4, 0.5) is 4.39 Å². The van der Waals surface area contributed by atoms with Gasteiger partial charge in [0, 0.05) is 28.1 Å². The summed E-state index contributed by atoms with van der Waals surface area (Å²) in [4.78, 5) is 4.20. The zero-order chi connectivity index (χ0) is 16.2. The molecule has 1 heterocycles. The van der Waals surface area contributed by atoms with Crippen LogP contribution >= 0.6 is 23.2 Å². The average molecular weight is 349 g/mol. The van der Waals surface area contributed by atoms with Crippen molar-refractivity contribution in [3.05, 3.63) is 81.2 Å². The van der Waals surface area contributed by atoms with Crippen LogP contribution in [0.5, 0.6) is 0 Å². The number of nitrogens with zero attached hydrogens (tertiary/aromatic N) is 2. The normalized spacial score (nSPS) is 11.3. The molecule has 0 radical (unpaired) electrons. The summed E-state index contributed by atoms with van der Waals surface area (Å²) < 4.78 is 18.9. The predicted octanol–water partition coefficient (Wildman–Crippen LogP) is 5.28. The Morgan fingerprint density at radius 3 is 2.57 bits per heavy atom. The number of hydrogen-bond acceptors (Lipinski definition) is 3. The number of halogens is 3. The third kappa shape index (κ3) is 3.78. The molecule has 0 aliphatic heterocycles. The molecule has 0 saturated heterocycles. The maximum Gasteiger partial charge on any atom is 0.250 e. The quantitative estimate of drug-likeness (QED) is 0.644. The van der Waals surface area contributed by atoms with E-state index in [-0.39, 0.29) is 6.42 Å². The van der Waals surface area contributed by atoms with Gasteiger partial charge in [-0.15, -0.1) is 0 Å². The van der Waals surface area contributed by atoms with Crippen molar-refractivity contribution < 1.29 is 8.91 Å². The first kappa shape index (κ1) is 15.7. The minimum atomic E-state index is -0.393. The van der Waals surface area contributed by atoms with Gasteiger partial charge in [-0.1, -0.05) is 52.6 Å². The zero-order valence-electron chi connectivity index (χ0n) is 11.8. The lowest BCUT2D eigenvalue weighted by atomic mass is 10.1. The molecule has 116 valence electrons. The van der Waals surface area contributed by atoms with Crippen molar-refractivity contribution in [1.29, 1.82) is 0 Å². The Morgan fingerprint density at radius 2 is 1.78 bits per heavy atom. The van der Waals surface area contributed by atoms with Gasteiger partial charge in [-0.25, -0.2) is 4.39 Å². The molecule has 0 N–H and O–H groups in total. The highest BCUT2D eigenvalue weighted by Crippen LogP contribution is 2.22. The molecule has 3 aromatic rings. The van der Waals surface area contributed by atoms with Crippen LogP contribution in [0.25, 0.3) is 12.2 Å². The minimum Gasteiger partial charge on any atom is -0.335 e. The number of aromatic nitrogens is 2. The summed E-state index contributed by atoms with van der Waals surface area (Å²) in [5.74, 6) is 0.277. The smallest absolute Gasteiger partial charge is 0.250 e. The molecule has 0 unspecified atom stereocenters. The number of rotatable bonds is 4.